The van der Waals surface area contributed by atoms with Crippen molar-refractivity contribution in [2.45, 2.75) is 6.92 Å². The fraction of sp³-hybridized carbons (Fsp3) is 0.167. The number of halogens is 1. The summed E-state index contributed by atoms with van der Waals surface area (Å²) in [5.74, 6) is -0.0481. The maximum absolute atomic E-state index is 12.1. The number of hydrogen-bond acceptors (Lipinski definition) is 2. The van der Waals surface area contributed by atoms with Crippen LogP contribution >= 0.6 is 11.6 Å². The van der Waals surface area contributed by atoms with Gasteiger partial charge in [-0.1, -0.05) is 23.7 Å². The fourth-order valence-corrected chi connectivity index (χ4v) is 1.70. The monoisotopic (exact) mass is 234 g/mol. The molecule has 0 aliphatic heterocycles. The van der Waals surface area contributed by atoms with Crippen molar-refractivity contribution in [1.29, 1.82) is 0 Å². The molecule has 0 unspecified atom stereocenters. The summed E-state index contributed by atoms with van der Waals surface area (Å²) >= 11 is 5.85. The van der Waals surface area contributed by atoms with Gasteiger partial charge in [-0.2, -0.15) is 5.10 Å². The Kier molecular flexibility index (Phi) is 2.79. The molecule has 0 radical (unpaired) electrons. The summed E-state index contributed by atoms with van der Waals surface area (Å²) in [6.45, 7) is 1.87. The molecule has 16 heavy (non-hydrogen) atoms. The minimum absolute atomic E-state index is 0.0481. The van der Waals surface area contributed by atoms with E-state index in [-0.39, 0.29) is 5.78 Å². The minimum atomic E-state index is -0.0481. The van der Waals surface area contributed by atoms with E-state index in [1.807, 2.05) is 14.0 Å². The number of aryl methyl sites for hydroxylation is 1. The standard InChI is InChI=1S/C12H11ClN2O/c1-8-11(7-14-15(8)2)12(16)9-4-3-5-10(13)6-9/h3-7H,1-2H3. The Morgan fingerprint density at radius 2 is 2.19 bits per heavy atom. The Balaban J connectivity index is 2.43. The summed E-state index contributed by atoms with van der Waals surface area (Å²) in [6, 6.07) is 6.92. The molecule has 0 fully saturated rings. The first-order chi connectivity index (χ1) is 7.59. The predicted octanol–water partition coefficient (Wildman–Crippen LogP) is 2.61. The minimum Gasteiger partial charge on any atom is -0.288 e. The molecule has 82 valence electrons. The average molecular weight is 235 g/mol. The normalized spacial score (nSPS) is 10.4. The number of aromatic nitrogens is 2. The van der Waals surface area contributed by atoms with E-state index >= 15 is 0 Å². The number of rotatable bonds is 2. The second-order valence-electron chi connectivity index (χ2n) is 3.61. The van der Waals surface area contributed by atoms with Gasteiger partial charge in [0.05, 0.1) is 11.8 Å². The van der Waals surface area contributed by atoms with Crippen molar-refractivity contribution >= 4 is 17.4 Å². The molecule has 0 saturated heterocycles. The van der Waals surface area contributed by atoms with E-state index < -0.39 is 0 Å². The summed E-state index contributed by atoms with van der Waals surface area (Å²) < 4.78 is 1.68. The van der Waals surface area contributed by atoms with Crippen LogP contribution in [-0.4, -0.2) is 15.6 Å². The van der Waals surface area contributed by atoms with Gasteiger partial charge in [0.15, 0.2) is 5.78 Å². The van der Waals surface area contributed by atoms with Gasteiger partial charge in [-0.15, -0.1) is 0 Å². The van der Waals surface area contributed by atoms with Crippen molar-refractivity contribution < 1.29 is 4.79 Å². The SMILES string of the molecule is Cc1c(C(=O)c2cccc(Cl)c2)cnn1C. The lowest BCUT2D eigenvalue weighted by atomic mass is 10.0. The molecule has 0 aliphatic carbocycles. The van der Waals surface area contributed by atoms with Gasteiger partial charge in [0.25, 0.3) is 0 Å². The maximum Gasteiger partial charge on any atom is 0.196 e. The molecule has 0 atom stereocenters. The molecule has 0 saturated carbocycles. The topological polar surface area (TPSA) is 34.9 Å². The van der Waals surface area contributed by atoms with Crippen molar-refractivity contribution in [3.63, 3.8) is 0 Å². The van der Waals surface area contributed by atoms with Crippen LogP contribution in [0.25, 0.3) is 0 Å². The number of nitrogens with zero attached hydrogens (tertiary/aromatic N) is 2. The van der Waals surface area contributed by atoms with Crippen molar-refractivity contribution in [2.24, 2.45) is 7.05 Å². The Bertz CT molecular complexity index is 546. The zero-order chi connectivity index (χ0) is 11.7. The Hall–Kier alpha value is -1.61. The summed E-state index contributed by atoms with van der Waals surface area (Å²) in [5.41, 5.74) is 2.05. The van der Waals surface area contributed by atoms with E-state index in [0.29, 0.717) is 16.1 Å². The summed E-state index contributed by atoms with van der Waals surface area (Å²) in [4.78, 5) is 12.1. The lowest BCUT2D eigenvalue weighted by Crippen LogP contribution is -2.03. The lowest BCUT2D eigenvalue weighted by molar-refractivity contribution is 0.103. The molecule has 0 amide bonds. The number of ketones is 1. The van der Waals surface area contributed by atoms with Gasteiger partial charge in [0, 0.05) is 23.3 Å². The lowest BCUT2D eigenvalue weighted by Gasteiger charge is -2.01. The van der Waals surface area contributed by atoms with Crippen LogP contribution in [0.15, 0.2) is 30.5 Å². The number of benzene rings is 1. The number of carbonyl (C=O) groups excluding carboxylic acids is 1. The highest BCUT2D eigenvalue weighted by molar-refractivity contribution is 6.31. The molecular weight excluding hydrogens is 224 g/mol. The van der Waals surface area contributed by atoms with Gasteiger partial charge in [-0.3, -0.25) is 9.48 Å². The van der Waals surface area contributed by atoms with Crippen molar-refractivity contribution in [1.82, 2.24) is 9.78 Å². The highest BCUT2D eigenvalue weighted by Gasteiger charge is 2.14. The molecule has 0 spiro atoms. The van der Waals surface area contributed by atoms with Gasteiger partial charge < -0.3 is 0 Å². The second kappa shape index (κ2) is 4.10. The highest BCUT2D eigenvalue weighted by Crippen LogP contribution is 2.16. The van der Waals surface area contributed by atoms with Crippen LogP contribution in [0.3, 0.4) is 0 Å². The Morgan fingerprint density at radius 3 is 2.75 bits per heavy atom. The molecule has 2 aromatic rings. The third-order valence-electron chi connectivity index (χ3n) is 2.57. The molecule has 1 aromatic heterocycles. The third kappa shape index (κ3) is 1.86. The first-order valence-electron chi connectivity index (χ1n) is 4.88. The summed E-state index contributed by atoms with van der Waals surface area (Å²) in [6.07, 6.45) is 1.58. The van der Waals surface area contributed by atoms with Crippen molar-refractivity contribution in [3.8, 4) is 0 Å². The number of carbonyl (C=O) groups is 1. The molecule has 0 aliphatic rings. The number of hydrogen-bond donors (Lipinski definition) is 0. The molecule has 4 heteroatoms. The Morgan fingerprint density at radius 1 is 1.44 bits per heavy atom. The molecule has 3 nitrogen and oxygen atoms in total. The fourth-order valence-electron chi connectivity index (χ4n) is 1.51. The van der Waals surface area contributed by atoms with Gasteiger partial charge >= 0.3 is 0 Å². The predicted molar refractivity (Wildman–Crippen MR) is 62.8 cm³/mol. The molecular formula is C12H11ClN2O. The van der Waals surface area contributed by atoms with E-state index in [2.05, 4.69) is 5.10 Å². The van der Waals surface area contributed by atoms with E-state index in [0.717, 1.165) is 5.69 Å². The van der Waals surface area contributed by atoms with Crippen molar-refractivity contribution in [2.75, 3.05) is 0 Å². The average Bonchev–Trinajstić information content (AvgIpc) is 2.59. The van der Waals surface area contributed by atoms with Crippen molar-refractivity contribution in [3.05, 3.63) is 52.3 Å². The first-order valence-corrected chi connectivity index (χ1v) is 5.26. The van der Waals surface area contributed by atoms with E-state index in [4.69, 9.17) is 11.6 Å². The van der Waals surface area contributed by atoms with E-state index in [1.165, 1.54) is 0 Å². The third-order valence-corrected chi connectivity index (χ3v) is 2.80. The van der Waals surface area contributed by atoms with Gasteiger partial charge in [-0.05, 0) is 19.1 Å². The molecule has 2 rings (SSSR count). The Labute approximate surface area is 98.7 Å². The molecule has 0 bridgehead atoms. The van der Waals surface area contributed by atoms with Crippen LogP contribution in [0, 0.1) is 6.92 Å². The molecule has 0 N–H and O–H groups in total. The molecule has 1 heterocycles. The largest absolute Gasteiger partial charge is 0.288 e. The second-order valence-corrected chi connectivity index (χ2v) is 4.04. The van der Waals surface area contributed by atoms with Gasteiger partial charge in [0.1, 0.15) is 0 Å². The smallest absolute Gasteiger partial charge is 0.196 e. The van der Waals surface area contributed by atoms with Crippen LogP contribution in [0.2, 0.25) is 5.02 Å². The van der Waals surface area contributed by atoms with Crippen LogP contribution in [0.4, 0.5) is 0 Å². The van der Waals surface area contributed by atoms with Gasteiger partial charge in [-0.25, -0.2) is 0 Å². The summed E-state index contributed by atoms with van der Waals surface area (Å²) in [7, 11) is 1.81. The zero-order valence-corrected chi connectivity index (χ0v) is 9.82. The van der Waals surface area contributed by atoms with Gasteiger partial charge in [0.2, 0.25) is 0 Å². The van der Waals surface area contributed by atoms with Crippen LogP contribution in [0.5, 0.6) is 0 Å². The van der Waals surface area contributed by atoms with Crippen LogP contribution in [0.1, 0.15) is 21.6 Å². The summed E-state index contributed by atoms with van der Waals surface area (Å²) in [5, 5.41) is 4.61. The molecule has 1 aromatic carbocycles. The highest BCUT2D eigenvalue weighted by atomic mass is 35.5. The first kappa shape index (κ1) is 10.9. The zero-order valence-electron chi connectivity index (χ0n) is 9.07. The van der Waals surface area contributed by atoms with E-state index in [9.17, 15) is 4.79 Å². The van der Waals surface area contributed by atoms with Crippen LogP contribution in [-0.2, 0) is 7.05 Å². The van der Waals surface area contributed by atoms with E-state index in [1.54, 1.807) is 35.1 Å². The maximum atomic E-state index is 12.1. The van der Waals surface area contributed by atoms with Crippen LogP contribution < -0.4 is 0 Å². The quantitative estimate of drug-likeness (QED) is 0.749.